The summed E-state index contributed by atoms with van der Waals surface area (Å²) >= 11 is 0. The van der Waals surface area contributed by atoms with E-state index in [0.29, 0.717) is 12.0 Å². The van der Waals surface area contributed by atoms with Crippen LogP contribution in [-0.4, -0.2) is 12.6 Å². The Bertz CT molecular complexity index is 471. The quantitative estimate of drug-likeness (QED) is 0.676. The lowest BCUT2D eigenvalue weighted by molar-refractivity contribution is 0.0405. The van der Waals surface area contributed by atoms with Gasteiger partial charge in [0.2, 0.25) is 0 Å². The molecule has 2 N–H and O–H groups in total. The molecule has 1 aromatic rings. The van der Waals surface area contributed by atoms with Crippen LogP contribution in [0.3, 0.4) is 0 Å². The van der Waals surface area contributed by atoms with Crippen LogP contribution in [0.5, 0.6) is 0 Å². The molecule has 0 spiro atoms. The zero-order valence-corrected chi connectivity index (χ0v) is 10.6. The summed E-state index contributed by atoms with van der Waals surface area (Å²) in [5, 5.41) is 0. The lowest BCUT2D eigenvalue weighted by Gasteiger charge is -2.21. The largest absolute Gasteiger partial charge is 0.462 e. The van der Waals surface area contributed by atoms with Crippen molar-refractivity contribution in [1.82, 2.24) is 0 Å². The summed E-state index contributed by atoms with van der Waals surface area (Å²) in [5.74, 6) is -2.25. The van der Waals surface area contributed by atoms with Crippen molar-refractivity contribution in [2.75, 3.05) is 12.3 Å². The van der Waals surface area contributed by atoms with Gasteiger partial charge < -0.3 is 10.5 Å². The molecule has 0 heterocycles. The van der Waals surface area contributed by atoms with Gasteiger partial charge in [0.1, 0.15) is 11.6 Å². The third-order valence-corrected chi connectivity index (χ3v) is 3.48. The number of anilines is 1. The Morgan fingerprint density at radius 2 is 1.89 bits per heavy atom. The van der Waals surface area contributed by atoms with Crippen molar-refractivity contribution in [3.8, 4) is 0 Å². The van der Waals surface area contributed by atoms with Gasteiger partial charge in [0.25, 0.3) is 0 Å². The Morgan fingerprint density at radius 3 is 2.58 bits per heavy atom. The molecule has 0 aliphatic heterocycles. The van der Waals surface area contributed by atoms with Crippen LogP contribution in [0.15, 0.2) is 12.1 Å². The van der Waals surface area contributed by atoms with Gasteiger partial charge in [0.15, 0.2) is 0 Å². The summed E-state index contributed by atoms with van der Waals surface area (Å²) in [7, 11) is 0. The maximum absolute atomic E-state index is 13.5. The molecular weight excluding hydrogens is 252 g/mol. The van der Waals surface area contributed by atoms with E-state index in [1.807, 2.05) is 0 Å². The number of esters is 1. The number of halogens is 2. The minimum absolute atomic E-state index is 0.258. The molecule has 0 amide bonds. The van der Waals surface area contributed by atoms with Gasteiger partial charge in [-0.05, 0) is 24.8 Å². The molecule has 1 saturated carbocycles. The zero-order chi connectivity index (χ0) is 13.8. The summed E-state index contributed by atoms with van der Waals surface area (Å²) < 4.78 is 31.5. The van der Waals surface area contributed by atoms with Gasteiger partial charge in [0.05, 0.1) is 17.9 Å². The van der Waals surface area contributed by atoms with Crippen molar-refractivity contribution < 1.29 is 18.3 Å². The van der Waals surface area contributed by atoms with Crippen molar-refractivity contribution in [3.05, 3.63) is 29.3 Å². The molecule has 104 valence electrons. The minimum Gasteiger partial charge on any atom is -0.462 e. The smallest absolute Gasteiger partial charge is 0.341 e. The van der Waals surface area contributed by atoms with E-state index in [0.717, 1.165) is 31.7 Å². The fourth-order valence-electron chi connectivity index (χ4n) is 2.35. The number of benzene rings is 1. The van der Waals surface area contributed by atoms with E-state index in [9.17, 15) is 13.6 Å². The van der Waals surface area contributed by atoms with E-state index in [1.54, 1.807) is 0 Å². The fourth-order valence-corrected chi connectivity index (χ4v) is 2.35. The standard InChI is InChI=1S/C14H17F2NO2/c15-11-7-12(16)13(17)6-10(11)14(18)19-8-9-4-2-1-3-5-9/h6-7,9H,1-5,8,17H2. The van der Waals surface area contributed by atoms with Crippen LogP contribution in [0.2, 0.25) is 0 Å². The summed E-state index contributed by atoms with van der Waals surface area (Å²) in [6, 6.07) is 1.58. The molecule has 2 rings (SSSR count). The normalized spacial score (nSPS) is 16.3. The lowest BCUT2D eigenvalue weighted by Crippen LogP contribution is -2.17. The van der Waals surface area contributed by atoms with Crippen molar-refractivity contribution in [1.29, 1.82) is 0 Å². The topological polar surface area (TPSA) is 52.3 Å². The zero-order valence-electron chi connectivity index (χ0n) is 10.6. The van der Waals surface area contributed by atoms with E-state index >= 15 is 0 Å². The summed E-state index contributed by atoms with van der Waals surface area (Å²) in [5.41, 5.74) is 4.75. The van der Waals surface area contributed by atoms with E-state index in [-0.39, 0.29) is 17.9 Å². The Morgan fingerprint density at radius 1 is 1.21 bits per heavy atom. The predicted octanol–water partition coefficient (Wildman–Crippen LogP) is 3.28. The van der Waals surface area contributed by atoms with Crippen molar-refractivity contribution in [2.45, 2.75) is 32.1 Å². The second-order valence-corrected chi connectivity index (χ2v) is 4.96. The number of carbonyl (C=O) groups excluding carboxylic acids is 1. The highest BCUT2D eigenvalue weighted by molar-refractivity contribution is 5.90. The number of carbonyl (C=O) groups is 1. The summed E-state index contributed by atoms with van der Waals surface area (Å²) in [6.07, 6.45) is 5.55. The van der Waals surface area contributed by atoms with Crippen LogP contribution in [0.25, 0.3) is 0 Å². The molecule has 3 nitrogen and oxygen atoms in total. The van der Waals surface area contributed by atoms with Gasteiger partial charge in [-0.1, -0.05) is 19.3 Å². The second-order valence-electron chi connectivity index (χ2n) is 4.96. The molecular formula is C14H17F2NO2. The van der Waals surface area contributed by atoms with Crippen LogP contribution in [0.1, 0.15) is 42.5 Å². The number of rotatable bonds is 3. The van der Waals surface area contributed by atoms with Gasteiger partial charge in [-0.2, -0.15) is 0 Å². The molecule has 0 saturated heterocycles. The van der Waals surface area contributed by atoms with E-state index in [4.69, 9.17) is 10.5 Å². The molecule has 19 heavy (non-hydrogen) atoms. The van der Waals surface area contributed by atoms with Crippen LogP contribution >= 0.6 is 0 Å². The molecule has 0 aromatic heterocycles. The number of hydrogen-bond acceptors (Lipinski definition) is 3. The molecule has 1 aliphatic rings. The molecule has 1 aliphatic carbocycles. The van der Waals surface area contributed by atoms with Crippen LogP contribution in [0.4, 0.5) is 14.5 Å². The van der Waals surface area contributed by atoms with E-state index in [1.165, 1.54) is 6.42 Å². The van der Waals surface area contributed by atoms with Gasteiger partial charge in [-0.25, -0.2) is 13.6 Å². The van der Waals surface area contributed by atoms with Crippen molar-refractivity contribution >= 4 is 11.7 Å². The Kier molecular flexibility index (Phi) is 4.35. The maximum atomic E-state index is 13.5. The van der Waals surface area contributed by atoms with Gasteiger partial charge in [-0.15, -0.1) is 0 Å². The third-order valence-electron chi connectivity index (χ3n) is 3.48. The average molecular weight is 269 g/mol. The first-order valence-electron chi connectivity index (χ1n) is 6.49. The highest BCUT2D eigenvalue weighted by atomic mass is 19.1. The first-order chi connectivity index (χ1) is 9.08. The molecule has 1 fully saturated rings. The maximum Gasteiger partial charge on any atom is 0.341 e. The molecule has 5 heteroatoms. The Balaban J connectivity index is 1.97. The van der Waals surface area contributed by atoms with Crippen molar-refractivity contribution in [3.63, 3.8) is 0 Å². The van der Waals surface area contributed by atoms with Gasteiger partial charge >= 0.3 is 5.97 Å². The molecule has 0 radical (unpaired) electrons. The predicted molar refractivity (Wildman–Crippen MR) is 67.6 cm³/mol. The fraction of sp³-hybridized carbons (Fsp3) is 0.500. The minimum atomic E-state index is -0.944. The number of nitrogens with two attached hydrogens (primary N) is 1. The third kappa shape index (κ3) is 3.43. The summed E-state index contributed by atoms with van der Waals surface area (Å²) in [4.78, 5) is 11.7. The number of nitrogen functional groups attached to an aromatic ring is 1. The Labute approximate surface area is 110 Å². The highest BCUT2D eigenvalue weighted by Gasteiger charge is 2.19. The summed E-state index contributed by atoms with van der Waals surface area (Å²) in [6.45, 7) is 0.287. The van der Waals surface area contributed by atoms with Gasteiger partial charge in [0, 0.05) is 6.07 Å². The van der Waals surface area contributed by atoms with E-state index in [2.05, 4.69) is 0 Å². The van der Waals surface area contributed by atoms with Crippen LogP contribution < -0.4 is 5.73 Å². The van der Waals surface area contributed by atoms with Crippen molar-refractivity contribution in [2.24, 2.45) is 5.92 Å². The second kappa shape index (κ2) is 5.99. The van der Waals surface area contributed by atoms with Crippen LogP contribution in [0, 0.1) is 17.6 Å². The monoisotopic (exact) mass is 269 g/mol. The molecule has 1 aromatic carbocycles. The van der Waals surface area contributed by atoms with Crippen LogP contribution in [-0.2, 0) is 4.74 Å². The molecule has 0 atom stereocenters. The molecule has 0 unspecified atom stereocenters. The number of ether oxygens (including phenoxy) is 1. The SMILES string of the molecule is Nc1cc(C(=O)OCC2CCCCC2)c(F)cc1F. The van der Waals surface area contributed by atoms with E-state index < -0.39 is 17.6 Å². The lowest BCUT2D eigenvalue weighted by atomic mass is 9.90. The highest BCUT2D eigenvalue weighted by Crippen LogP contribution is 2.24. The first kappa shape index (κ1) is 13.8. The number of hydrogen-bond donors (Lipinski definition) is 1. The Hall–Kier alpha value is -1.65. The van der Waals surface area contributed by atoms with Gasteiger partial charge in [-0.3, -0.25) is 0 Å². The molecule has 0 bridgehead atoms. The first-order valence-corrected chi connectivity index (χ1v) is 6.49. The average Bonchev–Trinajstić information content (AvgIpc) is 2.41.